The number of fused-ring (bicyclic) bond motifs is 1. The van der Waals surface area contributed by atoms with Crippen LogP contribution in [0.4, 0.5) is 0 Å². The van der Waals surface area contributed by atoms with Crippen LogP contribution >= 0.6 is 11.3 Å². The van der Waals surface area contributed by atoms with E-state index in [2.05, 4.69) is 4.98 Å². The van der Waals surface area contributed by atoms with Gasteiger partial charge in [0.1, 0.15) is 4.83 Å². The maximum absolute atomic E-state index is 9.22. The molecule has 0 amide bonds. The largest absolute Gasteiger partial charge is 0.388 e. The van der Waals surface area contributed by atoms with Crippen molar-refractivity contribution in [3.63, 3.8) is 0 Å². The zero-order valence-corrected chi connectivity index (χ0v) is 6.88. The number of aromatic nitrogens is 2. The Morgan fingerprint density at radius 1 is 1.73 bits per heavy atom. The molecule has 0 radical (unpaired) electrons. The highest BCUT2D eigenvalue weighted by Gasteiger charge is 2.05. The van der Waals surface area contributed by atoms with Crippen LogP contribution in [0.1, 0.15) is 17.9 Å². The summed E-state index contributed by atoms with van der Waals surface area (Å²) < 4.78 is 1.91. The molecule has 0 aliphatic carbocycles. The molecule has 0 bridgehead atoms. The number of hydrogen-bond acceptors (Lipinski definition) is 3. The van der Waals surface area contributed by atoms with Gasteiger partial charge < -0.3 is 5.11 Å². The van der Waals surface area contributed by atoms with E-state index < -0.39 is 0 Å². The lowest BCUT2D eigenvalue weighted by Crippen LogP contribution is -1.84. The molecule has 0 saturated heterocycles. The fourth-order valence-corrected chi connectivity index (χ4v) is 1.84. The fraction of sp³-hybridized carbons (Fsp3) is 0.286. The first kappa shape index (κ1) is 6.82. The van der Waals surface area contributed by atoms with E-state index in [9.17, 15) is 5.11 Å². The van der Waals surface area contributed by atoms with E-state index in [1.165, 1.54) is 0 Å². The molecule has 4 heteroatoms. The summed E-state index contributed by atoms with van der Waals surface area (Å²) in [7, 11) is 0. The second kappa shape index (κ2) is 2.32. The third-order valence-corrected chi connectivity index (χ3v) is 2.74. The number of rotatable bonds is 1. The molecule has 0 aliphatic rings. The van der Waals surface area contributed by atoms with E-state index in [1.807, 2.05) is 10.6 Å². The molecule has 2 heterocycles. The molecule has 1 N–H and O–H groups in total. The van der Waals surface area contributed by atoms with E-state index in [0.717, 1.165) is 9.71 Å². The average Bonchev–Trinajstić information content (AvgIpc) is 2.40. The van der Waals surface area contributed by atoms with Crippen LogP contribution in [0.25, 0.3) is 4.83 Å². The van der Waals surface area contributed by atoms with Crippen molar-refractivity contribution in [1.82, 2.24) is 9.38 Å². The summed E-state index contributed by atoms with van der Waals surface area (Å²) in [6, 6.07) is 0. The predicted molar refractivity (Wildman–Crippen MR) is 43.7 cm³/mol. The second-order valence-electron chi connectivity index (χ2n) is 2.45. The summed E-state index contributed by atoms with van der Waals surface area (Å²) in [5, 5.41) is 9.22. The van der Waals surface area contributed by atoms with E-state index in [1.54, 1.807) is 30.8 Å². The second-order valence-corrected chi connectivity index (χ2v) is 3.54. The smallest absolute Gasteiger partial charge is 0.119 e. The SMILES string of the molecule is CC(O)c1cn2cncc2s1. The first-order valence-electron chi connectivity index (χ1n) is 3.37. The maximum atomic E-state index is 9.22. The molecule has 0 fully saturated rings. The van der Waals surface area contributed by atoms with Crippen LogP contribution in [0.15, 0.2) is 18.7 Å². The maximum Gasteiger partial charge on any atom is 0.119 e. The standard InChI is InChI=1S/C7H8N2OS/c1-5(10)6-3-9-4-8-2-7(9)11-6/h2-5,10H,1H3. The van der Waals surface area contributed by atoms with Crippen LogP contribution in [0.5, 0.6) is 0 Å². The topological polar surface area (TPSA) is 37.5 Å². The summed E-state index contributed by atoms with van der Waals surface area (Å²) in [5.74, 6) is 0. The minimum Gasteiger partial charge on any atom is -0.388 e. The Morgan fingerprint density at radius 3 is 3.18 bits per heavy atom. The van der Waals surface area contributed by atoms with Crippen LogP contribution in [-0.2, 0) is 0 Å². The van der Waals surface area contributed by atoms with E-state index >= 15 is 0 Å². The first-order valence-corrected chi connectivity index (χ1v) is 4.18. The normalized spacial score (nSPS) is 14.0. The van der Waals surface area contributed by atoms with Gasteiger partial charge >= 0.3 is 0 Å². The lowest BCUT2D eigenvalue weighted by molar-refractivity contribution is 0.203. The van der Waals surface area contributed by atoms with Gasteiger partial charge in [0.15, 0.2) is 0 Å². The Balaban J connectivity index is 2.58. The minimum atomic E-state index is -0.375. The van der Waals surface area contributed by atoms with Gasteiger partial charge in [0.2, 0.25) is 0 Å². The minimum absolute atomic E-state index is 0.375. The monoisotopic (exact) mass is 168 g/mol. The molecule has 2 rings (SSSR count). The Bertz CT molecular complexity index is 335. The third-order valence-electron chi connectivity index (χ3n) is 1.53. The van der Waals surface area contributed by atoms with Gasteiger partial charge in [-0.15, -0.1) is 11.3 Å². The van der Waals surface area contributed by atoms with Gasteiger partial charge in [-0.1, -0.05) is 0 Å². The lowest BCUT2D eigenvalue weighted by atomic mass is 10.4. The van der Waals surface area contributed by atoms with Crippen LogP contribution in [0, 0.1) is 0 Å². The zero-order valence-electron chi connectivity index (χ0n) is 6.06. The van der Waals surface area contributed by atoms with Gasteiger partial charge in [0, 0.05) is 6.20 Å². The number of nitrogens with zero attached hydrogens (tertiary/aromatic N) is 2. The van der Waals surface area contributed by atoms with Gasteiger partial charge in [0.05, 0.1) is 23.5 Å². The first-order chi connectivity index (χ1) is 5.27. The highest BCUT2D eigenvalue weighted by atomic mass is 32.1. The van der Waals surface area contributed by atoms with Crippen LogP contribution in [0.3, 0.4) is 0 Å². The number of hydrogen-bond donors (Lipinski definition) is 1. The fourth-order valence-electron chi connectivity index (χ4n) is 0.946. The van der Waals surface area contributed by atoms with Crippen molar-refractivity contribution in [3.05, 3.63) is 23.6 Å². The molecule has 0 aliphatic heterocycles. The van der Waals surface area contributed by atoms with Crippen LogP contribution < -0.4 is 0 Å². The average molecular weight is 168 g/mol. The Kier molecular flexibility index (Phi) is 1.44. The van der Waals surface area contributed by atoms with Gasteiger partial charge in [-0.3, -0.25) is 4.40 Å². The van der Waals surface area contributed by atoms with Crippen molar-refractivity contribution >= 4 is 16.2 Å². The molecule has 0 spiro atoms. The van der Waals surface area contributed by atoms with Crippen molar-refractivity contribution in [2.75, 3.05) is 0 Å². The molecule has 0 aromatic carbocycles. The van der Waals surface area contributed by atoms with Gasteiger partial charge in [-0.25, -0.2) is 4.98 Å². The molecule has 2 aromatic heterocycles. The molecule has 0 saturated carbocycles. The number of imidazole rings is 1. The highest BCUT2D eigenvalue weighted by molar-refractivity contribution is 7.17. The van der Waals surface area contributed by atoms with Crippen molar-refractivity contribution in [3.8, 4) is 0 Å². The molecule has 1 unspecified atom stereocenters. The lowest BCUT2D eigenvalue weighted by Gasteiger charge is -1.94. The van der Waals surface area contributed by atoms with Crippen molar-refractivity contribution in [2.24, 2.45) is 0 Å². The van der Waals surface area contributed by atoms with Crippen LogP contribution in [0.2, 0.25) is 0 Å². The quantitative estimate of drug-likeness (QED) is 0.699. The van der Waals surface area contributed by atoms with Gasteiger partial charge in [0.25, 0.3) is 0 Å². The third kappa shape index (κ3) is 1.04. The molecule has 58 valence electrons. The van der Waals surface area contributed by atoms with E-state index in [0.29, 0.717) is 0 Å². The van der Waals surface area contributed by atoms with Crippen LogP contribution in [-0.4, -0.2) is 14.5 Å². The summed E-state index contributed by atoms with van der Waals surface area (Å²) in [5.41, 5.74) is 0. The van der Waals surface area contributed by atoms with Crippen molar-refractivity contribution in [1.29, 1.82) is 0 Å². The summed E-state index contributed by atoms with van der Waals surface area (Å²) in [6.07, 6.45) is 5.05. The number of aliphatic hydroxyl groups is 1. The van der Waals surface area contributed by atoms with E-state index in [-0.39, 0.29) is 6.10 Å². The molecular formula is C7H8N2OS. The van der Waals surface area contributed by atoms with E-state index in [4.69, 9.17) is 0 Å². The highest BCUT2D eigenvalue weighted by Crippen LogP contribution is 2.22. The molecule has 11 heavy (non-hydrogen) atoms. The predicted octanol–water partition coefficient (Wildman–Crippen LogP) is 1.45. The Labute approximate surface area is 67.9 Å². The Hall–Kier alpha value is -0.870. The summed E-state index contributed by atoms with van der Waals surface area (Å²) >= 11 is 1.56. The number of thiazole rings is 1. The van der Waals surface area contributed by atoms with Gasteiger partial charge in [-0.05, 0) is 6.92 Å². The summed E-state index contributed by atoms with van der Waals surface area (Å²) in [4.78, 5) is 6.00. The zero-order chi connectivity index (χ0) is 7.84. The molecule has 3 nitrogen and oxygen atoms in total. The molecular weight excluding hydrogens is 160 g/mol. The summed E-state index contributed by atoms with van der Waals surface area (Å²) in [6.45, 7) is 1.76. The van der Waals surface area contributed by atoms with Gasteiger partial charge in [-0.2, -0.15) is 0 Å². The molecule has 2 aromatic rings. The molecule has 1 atom stereocenters. The Morgan fingerprint density at radius 2 is 2.55 bits per heavy atom. The number of aliphatic hydroxyl groups excluding tert-OH is 1. The van der Waals surface area contributed by atoms with Crippen molar-refractivity contribution < 1.29 is 5.11 Å². The van der Waals surface area contributed by atoms with Crippen molar-refractivity contribution in [2.45, 2.75) is 13.0 Å².